The summed E-state index contributed by atoms with van der Waals surface area (Å²) in [6, 6.07) is 0.904. The highest BCUT2D eigenvalue weighted by Crippen LogP contribution is 2.27. The van der Waals surface area contributed by atoms with Crippen LogP contribution < -0.4 is 0 Å². The van der Waals surface area contributed by atoms with Crippen molar-refractivity contribution in [3.8, 4) is 0 Å². The molecule has 2 nitrogen and oxygen atoms in total. The summed E-state index contributed by atoms with van der Waals surface area (Å²) in [5.74, 6) is 0. The Hall–Kier alpha value is -0.0800. The fourth-order valence-corrected chi connectivity index (χ4v) is 2.19. The van der Waals surface area contributed by atoms with Crippen LogP contribution in [0.4, 0.5) is 0 Å². The molecular weight excluding hydrogens is 138 g/mol. The van der Waals surface area contributed by atoms with E-state index in [0.717, 1.165) is 6.04 Å². The lowest BCUT2D eigenvalue weighted by Crippen LogP contribution is -2.55. The van der Waals surface area contributed by atoms with Crippen LogP contribution in [0, 0.1) is 0 Å². The molecule has 0 aromatic rings. The molecule has 0 atom stereocenters. The first-order valence-electron chi connectivity index (χ1n) is 4.67. The number of hydrogen-bond acceptors (Lipinski definition) is 2. The van der Waals surface area contributed by atoms with E-state index in [0.29, 0.717) is 6.10 Å². The summed E-state index contributed by atoms with van der Waals surface area (Å²) in [5.41, 5.74) is 0. The quantitative estimate of drug-likeness (QED) is 0.595. The molecule has 1 aliphatic heterocycles. The Kier molecular flexibility index (Phi) is 2.14. The number of likely N-dealkylation sites (tertiary alicyclic amines) is 1. The van der Waals surface area contributed by atoms with Crippen molar-refractivity contribution in [2.45, 2.75) is 37.8 Å². The van der Waals surface area contributed by atoms with E-state index in [9.17, 15) is 0 Å². The molecule has 0 N–H and O–H groups in total. The minimum atomic E-state index is 0.538. The fraction of sp³-hybridized carbons (Fsp3) is 1.00. The van der Waals surface area contributed by atoms with E-state index in [4.69, 9.17) is 4.74 Å². The molecule has 2 rings (SSSR count). The molecular formula is C9H17NO. The maximum atomic E-state index is 5.23. The van der Waals surface area contributed by atoms with Gasteiger partial charge in [-0.3, -0.25) is 4.90 Å². The largest absolute Gasteiger partial charge is 0.379 e. The van der Waals surface area contributed by atoms with Crippen LogP contribution in [0.2, 0.25) is 0 Å². The molecule has 2 heteroatoms. The van der Waals surface area contributed by atoms with Crippen molar-refractivity contribution in [1.29, 1.82) is 0 Å². The van der Waals surface area contributed by atoms with Gasteiger partial charge in [-0.1, -0.05) is 12.8 Å². The second kappa shape index (κ2) is 3.11. The van der Waals surface area contributed by atoms with Crippen LogP contribution in [0.25, 0.3) is 0 Å². The van der Waals surface area contributed by atoms with E-state index in [1.165, 1.54) is 38.8 Å². The molecule has 1 saturated carbocycles. The predicted molar refractivity (Wildman–Crippen MR) is 44.6 cm³/mol. The van der Waals surface area contributed by atoms with Crippen molar-refractivity contribution in [3.63, 3.8) is 0 Å². The normalized spacial score (nSPS) is 29.2. The zero-order valence-electron chi connectivity index (χ0n) is 7.25. The van der Waals surface area contributed by atoms with Crippen molar-refractivity contribution in [3.05, 3.63) is 0 Å². The van der Waals surface area contributed by atoms with E-state index < -0.39 is 0 Å². The number of ether oxygens (including phenoxy) is 1. The first-order chi connectivity index (χ1) is 5.40. The summed E-state index contributed by atoms with van der Waals surface area (Å²) in [7, 11) is 1.82. The molecule has 2 fully saturated rings. The first-order valence-corrected chi connectivity index (χ1v) is 4.67. The lowest BCUT2D eigenvalue weighted by molar-refractivity contribution is -0.0491. The van der Waals surface area contributed by atoms with Crippen LogP contribution in [0.15, 0.2) is 0 Å². The Morgan fingerprint density at radius 1 is 1.18 bits per heavy atom. The van der Waals surface area contributed by atoms with E-state index >= 15 is 0 Å². The molecule has 0 amide bonds. The molecule has 1 saturated heterocycles. The van der Waals surface area contributed by atoms with Crippen LogP contribution >= 0.6 is 0 Å². The van der Waals surface area contributed by atoms with Crippen LogP contribution in [0.1, 0.15) is 25.7 Å². The molecule has 0 radical (unpaired) electrons. The van der Waals surface area contributed by atoms with Gasteiger partial charge in [0.25, 0.3) is 0 Å². The van der Waals surface area contributed by atoms with Crippen molar-refractivity contribution in [2.24, 2.45) is 0 Å². The number of nitrogens with zero attached hydrogens (tertiary/aromatic N) is 1. The minimum Gasteiger partial charge on any atom is -0.379 e. The smallest absolute Gasteiger partial charge is 0.0825 e. The third-order valence-corrected chi connectivity index (χ3v) is 3.05. The van der Waals surface area contributed by atoms with Gasteiger partial charge in [-0.2, -0.15) is 0 Å². The van der Waals surface area contributed by atoms with E-state index in [-0.39, 0.29) is 0 Å². The summed E-state index contributed by atoms with van der Waals surface area (Å²) < 4.78 is 5.23. The highest BCUT2D eigenvalue weighted by Gasteiger charge is 2.33. The third kappa shape index (κ3) is 1.42. The number of rotatable bonds is 2. The zero-order chi connectivity index (χ0) is 7.68. The van der Waals surface area contributed by atoms with Crippen molar-refractivity contribution < 1.29 is 4.74 Å². The summed E-state index contributed by atoms with van der Waals surface area (Å²) in [4.78, 5) is 2.57. The second-order valence-corrected chi connectivity index (χ2v) is 3.75. The monoisotopic (exact) mass is 155 g/mol. The van der Waals surface area contributed by atoms with E-state index in [2.05, 4.69) is 4.90 Å². The SMILES string of the molecule is COC1CN(C2CCCC2)C1. The number of methoxy groups -OCH3 is 1. The maximum absolute atomic E-state index is 5.23. The van der Waals surface area contributed by atoms with Gasteiger partial charge in [0.05, 0.1) is 6.10 Å². The van der Waals surface area contributed by atoms with Crippen LogP contribution in [-0.2, 0) is 4.74 Å². The topological polar surface area (TPSA) is 12.5 Å². The van der Waals surface area contributed by atoms with Crippen LogP contribution in [-0.4, -0.2) is 37.2 Å². The zero-order valence-corrected chi connectivity index (χ0v) is 7.25. The molecule has 1 heterocycles. The lowest BCUT2D eigenvalue weighted by Gasteiger charge is -2.42. The van der Waals surface area contributed by atoms with Crippen LogP contribution in [0.5, 0.6) is 0 Å². The molecule has 0 bridgehead atoms. The average molecular weight is 155 g/mol. The Balaban J connectivity index is 1.73. The molecule has 2 aliphatic rings. The Morgan fingerprint density at radius 3 is 2.36 bits per heavy atom. The second-order valence-electron chi connectivity index (χ2n) is 3.75. The lowest BCUT2D eigenvalue weighted by atomic mass is 10.1. The van der Waals surface area contributed by atoms with Gasteiger partial charge in [-0.25, -0.2) is 0 Å². The van der Waals surface area contributed by atoms with Crippen molar-refractivity contribution in [2.75, 3.05) is 20.2 Å². The van der Waals surface area contributed by atoms with Gasteiger partial charge in [0, 0.05) is 26.2 Å². The first kappa shape index (κ1) is 7.56. The summed E-state index contributed by atoms with van der Waals surface area (Å²) in [6.45, 7) is 2.36. The predicted octanol–water partition coefficient (Wildman–Crippen LogP) is 1.26. The van der Waals surface area contributed by atoms with Gasteiger partial charge in [0.1, 0.15) is 0 Å². The Labute approximate surface area is 68.5 Å². The minimum absolute atomic E-state index is 0.538. The third-order valence-electron chi connectivity index (χ3n) is 3.05. The molecule has 64 valence electrons. The summed E-state index contributed by atoms with van der Waals surface area (Å²) in [6.07, 6.45) is 6.28. The highest BCUT2D eigenvalue weighted by atomic mass is 16.5. The maximum Gasteiger partial charge on any atom is 0.0825 e. The van der Waals surface area contributed by atoms with E-state index in [1.807, 2.05) is 7.11 Å². The standard InChI is InChI=1S/C9H17NO/c1-11-9-6-10(7-9)8-4-2-3-5-8/h8-9H,2-7H2,1H3. The van der Waals surface area contributed by atoms with E-state index in [1.54, 1.807) is 0 Å². The fourth-order valence-electron chi connectivity index (χ4n) is 2.19. The average Bonchev–Trinajstić information content (AvgIpc) is 2.37. The van der Waals surface area contributed by atoms with Gasteiger partial charge < -0.3 is 4.74 Å². The van der Waals surface area contributed by atoms with Gasteiger partial charge in [0.15, 0.2) is 0 Å². The number of hydrogen-bond donors (Lipinski definition) is 0. The summed E-state index contributed by atoms with van der Waals surface area (Å²) >= 11 is 0. The van der Waals surface area contributed by atoms with Gasteiger partial charge in [-0.15, -0.1) is 0 Å². The van der Waals surface area contributed by atoms with Crippen molar-refractivity contribution in [1.82, 2.24) is 4.90 Å². The Morgan fingerprint density at radius 2 is 1.82 bits per heavy atom. The molecule has 0 spiro atoms. The van der Waals surface area contributed by atoms with Gasteiger partial charge in [-0.05, 0) is 12.8 Å². The molecule has 0 aromatic carbocycles. The molecule has 0 aromatic heterocycles. The molecule has 0 unspecified atom stereocenters. The van der Waals surface area contributed by atoms with Crippen molar-refractivity contribution >= 4 is 0 Å². The molecule has 11 heavy (non-hydrogen) atoms. The molecule has 1 aliphatic carbocycles. The van der Waals surface area contributed by atoms with Gasteiger partial charge in [0.2, 0.25) is 0 Å². The highest BCUT2D eigenvalue weighted by molar-refractivity contribution is 4.88. The van der Waals surface area contributed by atoms with Gasteiger partial charge >= 0.3 is 0 Å². The van der Waals surface area contributed by atoms with Crippen LogP contribution in [0.3, 0.4) is 0 Å². The summed E-state index contributed by atoms with van der Waals surface area (Å²) in [5, 5.41) is 0. The Bertz CT molecular complexity index is 126.